The lowest BCUT2D eigenvalue weighted by molar-refractivity contribution is -0.143. The Morgan fingerprint density at radius 2 is 1.82 bits per heavy atom. The van der Waals surface area contributed by atoms with Crippen molar-refractivity contribution in [1.29, 1.82) is 0 Å². The molecule has 0 heterocycles. The van der Waals surface area contributed by atoms with Crippen LogP contribution in [0.15, 0.2) is 42.5 Å². The van der Waals surface area contributed by atoms with Gasteiger partial charge in [0.25, 0.3) is 0 Å². The van der Waals surface area contributed by atoms with E-state index in [1.165, 1.54) is 12.1 Å². The highest BCUT2D eigenvalue weighted by molar-refractivity contribution is 5.70. The Hall–Kier alpha value is -2.23. The van der Waals surface area contributed by atoms with Crippen molar-refractivity contribution in [2.75, 3.05) is 6.61 Å². The second-order valence-electron chi connectivity index (χ2n) is 5.16. The molecule has 0 N–H and O–H groups in total. The molecular weight excluding hydrogens is 286 g/mol. The van der Waals surface area contributed by atoms with Crippen LogP contribution < -0.4 is 0 Å². The van der Waals surface area contributed by atoms with Gasteiger partial charge in [0.1, 0.15) is 11.6 Å². The fourth-order valence-corrected chi connectivity index (χ4v) is 2.30. The van der Waals surface area contributed by atoms with Crippen LogP contribution in [0, 0.1) is 11.6 Å². The fraction of sp³-hybridized carbons (Fsp3) is 0.278. The van der Waals surface area contributed by atoms with Gasteiger partial charge in [0.2, 0.25) is 0 Å². The zero-order chi connectivity index (χ0) is 16.1. The summed E-state index contributed by atoms with van der Waals surface area (Å²) in [6.07, 6.45) is 0.304. The van der Waals surface area contributed by atoms with Crippen LogP contribution in [0.25, 0.3) is 11.1 Å². The van der Waals surface area contributed by atoms with Gasteiger partial charge in [-0.25, -0.2) is 8.78 Å². The number of hydrogen-bond donors (Lipinski definition) is 0. The summed E-state index contributed by atoms with van der Waals surface area (Å²) >= 11 is 0. The van der Waals surface area contributed by atoms with E-state index in [2.05, 4.69) is 0 Å². The van der Waals surface area contributed by atoms with Crippen LogP contribution in [0.2, 0.25) is 0 Å². The van der Waals surface area contributed by atoms with Gasteiger partial charge in [-0.05, 0) is 36.1 Å². The molecule has 0 fully saturated rings. The van der Waals surface area contributed by atoms with E-state index in [4.69, 9.17) is 4.74 Å². The molecule has 2 rings (SSSR count). The number of benzene rings is 2. The third-order valence-corrected chi connectivity index (χ3v) is 3.50. The van der Waals surface area contributed by atoms with E-state index in [9.17, 15) is 13.6 Å². The van der Waals surface area contributed by atoms with Gasteiger partial charge >= 0.3 is 5.97 Å². The smallest absolute Gasteiger partial charge is 0.306 e. The molecule has 0 amide bonds. The van der Waals surface area contributed by atoms with Crippen molar-refractivity contribution < 1.29 is 18.3 Å². The summed E-state index contributed by atoms with van der Waals surface area (Å²) in [5, 5.41) is 0. The molecule has 0 radical (unpaired) electrons. The maximum Gasteiger partial charge on any atom is 0.306 e. The van der Waals surface area contributed by atoms with Crippen LogP contribution in [-0.2, 0) is 9.53 Å². The average Bonchev–Trinajstić information content (AvgIpc) is 2.47. The summed E-state index contributed by atoms with van der Waals surface area (Å²) < 4.78 is 31.6. The van der Waals surface area contributed by atoms with E-state index in [1.807, 2.05) is 19.1 Å². The van der Waals surface area contributed by atoms with Crippen molar-refractivity contribution in [3.8, 4) is 11.1 Å². The molecule has 0 aliphatic heterocycles. The standard InChI is InChI=1S/C18H18F2O2/c1-3-22-18(21)10-12(2)13-4-6-14(7-5-13)16-9-8-15(19)11-17(16)20/h4-9,11-12H,3,10H2,1-2H3. The van der Waals surface area contributed by atoms with Gasteiger partial charge < -0.3 is 4.74 Å². The molecule has 0 aromatic heterocycles. The second-order valence-corrected chi connectivity index (χ2v) is 5.16. The van der Waals surface area contributed by atoms with Crippen LogP contribution >= 0.6 is 0 Å². The van der Waals surface area contributed by atoms with Crippen molar-refractivity contribution in [1.82, 2.24) is 0 Å². The Morgan fingerprint density at radius 3 is 2.41 bits per heavy atom. The van der Waals surface area contributed by atoms with Gasteiger partial charge in [-0.2, -0.15) is 0 Å². The summed E-state index contributed by atoms with van der Waals surface area (Å²) in [5.41, 5.74) is 2.00. The molecule has 116 valence electrons. The van der Waals surface area contributed by atoms with Gasteiger partial charge in [0.05, 0.1) is 13.0 Å². The third-order valence-electron chi connectivity index (χ3n) is 3.50. The van der Waals surface area contributed by atoms with Gasteiger partial charge in [-0.3, -0.25) is 4.79 Å². The molecule has 2 aromatic rings. The maximum atomic E-state index is 13.8. The number of hydrogen-bond acceptors (Lipinski definition) is 2. The van der Waals surface area contributed by atoms with Crippen molar-refractivity contribution in [2.24, 2.45) is 0 Å². The monoisotopic (exact) mass is 304 g/mol. The zero-order valence-electron chi connectivity index (χ0n) is 12.6. The highest BCUT2D eigenvalue weighted by atomic mass is 19.1. The summed E-state index contributed by atoms with van der Waals surface area (Å²) in [6.45, 7) is 4.08. The molecule has 4 heteroatoms. The van der Waals surface area contributed by atoms with E-state index in [0.29, 0.717) is 24.2 Å². The molecule has 0 saturated carbocycles. The molecule has 1 unspecified atom stereocenters. The Kier molecular flexibility index (Phi) is 5.26. The summed E-state index contributed by atoms with van der Waals surface area (Å²) in [7, 11) is 0. The maximum absolute atomic E-state index is 13.8. The lowest BCUT2D eigenvalue weighted by Gasteiger charge is -2.12. The van der Waals surface area contributed by atoms with E-state index in [0.717, 1.165) is 11.6 Å². The fourth-order valence-electron chi connectivity index (χ4n) is 2.30. The first-order chi connectivity index (χ1) is 10.5. The van der Waals surface area contributed by atoms with Crippen molar-refractivity contribution in [3.63, 3.8) is 0 Å². The van der Waals surface area contributed by atoms with Crippen molar-refractivity contribution in [2.45, 2.75) is 26.2 Å². The number of carbonyl (C=O) groups excluding carboxylic acids is 1. The molecule has 0 aliphatic rings. The van der Waals surface area contributed by atoms with Crippen LogP contribution in [0.3, 0.4) is 0 Å². The Morgan fingerprint density at radius 1 is 1.14 bits per heavy atom. The third kappa shape index (κ3) is 3.91. The van der Waals surface area contributed by atoms with Gasteiger partial charge in [-0.15, -0.1) is 0 Å². The first-order valence-corrected chi connectivity index (χ1v) is 7.22. The molecule has 2 nitrogen and oxygen atoms in total. The zero-order valence-corrected chi connectivity index (χ0v) is 12.6. The van der Waals surface area contributed by atoms with Gasteiger partial charge in [0, 0.05) is 11.6 Å². The summed E-state index contributed by atoms with van der Waals surface area (Å²) in [4.78, 5) is 11.5. The molecule has 22 heavy (non-hydrogen) atoms. The minimum absolute atomic E-state index is 0.0196. The minimum Gasteiger partial charge on any atom is -0.466 e. The van der Waals surface area contributed by atoms with E-state index >= 15 is 0 Å². The summed E-state index contributed by atoms with van der Waals surface area (Å²) in [6, 6.07) is 10.8. The van der Waals surface area contributed by atoms with Gasteiger partial charge in [-0.1, -0.05) is 31.2 Å². The topological polar surface area (TPSA) is 26.3 Å². The number of rotatable bonds is 5. The quantitative estimate of drug-likeness (QED) is 0.749. The SMILES string of the molecule is CCOC(=O)CC(C)c1ccc(-c2ccc(F)cc2F)cc1. The van der Waals surface area contributed by atoms with Crippen LogP contribution in [-0.4, -0.2) is 12.6 Å². The highest BCUT2D eigenvalue weighted by Gasteiger charge is 2.13. The van der Waals surface area contributed by atoms with Crippen LogP contribution in [0.4, 0.5) is 8.78 Å². The van der Waals surface area contributed by atoms with Gasteiger partial charge in [0.15, 0.2) is 0 Å². The van der Waals surface area contributed by atoms with Crippen molar-refractivity contribution >= 4 is 5.97 Å². The number of carbonyl (C=O) groups is 1. The first kappa shape index (κ1) is 16.1. The lowest BCUT2D eigenvalue weighted by atomic mass is 9.95. The molecule has 0 aliphatic carbocycles. The Bertz CT molecular complexity index is 651. The number of ether oxygens (including phenoxy) is 1. The van der Waals surface area contributed by atoms with Crippen LogP contribution in [0.5, 0.6) is 0 Å². The number of esters is 1. The average molecular weight is 304 g/mol. The predicted octanol–water partition coefficient (Wildman–Crippen LogP) is 4.69. The Balaban J connectivity index is 2.14. The molecular formula is C18H18F2O2. The molecule has 1 atom stereocenters. The van der Waals surface area contributed by atoms with Crippen molar-refractivity contribution in [3.05, 3.63) is 59.7 Å². The highest BCUT2D eigenvalue weighted by Crippen LogP contribution is 2.26. The first-order valence-electron chi connectivity index (χ1n) is 7.22. The molecule has 2 aromatic carbocycles. The Labute approximate surface area is 128 Å². The van der Waals surface area contributed by atoms with Crippen LogP contribution in [0.1, 0.15) is 31.7 Å². The molecule has 0 saturated heterocycles. The lowest BCUT2D eigenvalue weighted by Crippen LogP contribution is -2.08. The second kappa shape index (κ2) is 7.16. The van der Waals surface area contributed by atoms with E-state index < -0.39 is 11.6 Å². The van der Waals surface area contributed by atoms with E-state index in [-0.39, 0.29) is 11.9 Å². The number of halogens is 2. The largest absolute Gasteiger partial charge is 0.466 e. The molecule has 0 bridgehead atoms. The molecule has 0 spiro atoms. The minimum atomic E-state index is -0.596. The summed E-state index contributed by atoms with van der Waals surface area (Å²) in [5.74, 6) is -1.40. The van der Waals surface area contributed by atoms with E-state index in [1.54, 1.807) is 19.1 Å². The predicted molar refractivity (Wildman–Crippen MR) is 81.5 cm³/mol. The normalized spacial score (nSPS) is 12.0.